The molecule has 0 aliphatic heterocycles. The topological polar surface area (TPSA) is 56.9 Å². The van der Waals surface area contributed by atoms with Gasteiger partial charge < -0.3 is 9.80 Å². The van der Waals surface area contributed by atoms with Crippen molar-refractivity contribution in [3.05, 3.63) is 0 Å². The molecule has 0 rings (SSSR count). The van der Waals surface area contributed by atoms with Gasteiger partial charge in [-0.2, -0.15) is 0 Å². The Morgan fingerprint density at radius 1 is 1.27 bits per heavy atom. The van der Waals surface area contributed by atoms with E-state index in [1.165, 1.54) is 0 Å². The first kappa shape index (κ1) is 14.2. The average Bonchev–Trinajstić information content (AvgIpc) is 2.15. The van der Waals surface area contributed by atoms with Crippen LogP contribution in [-0.4, -0.2) is 56.5 Å². The minimum absolute atomic E-state index is 0.551. The predicted molar refractivity (Wildman–Crippen MR) is 65.6 cm³/mol. The van der Waals surface area contributed by atoms with Crippen molar-refractivity contribution in [2.45, 2.75) is 13.8 Å². The monoisotopic (exact) mass is 215 g/mol. The molecule has 0 fully saturated rings. The summed E-state index contributed by atoms with van der Waals surface area (Å²) in [5.74, 6) is 6.74. The van der Waals surface area contributed by atoms with E-state index in [2.05, 4.69) is 43.3 Å². The Balaban J connectivity index is 4.08. The molecule has 0 amide bonds. The van der Waals surface area contributed by atoms with Crippen LogP contribution in [0.3, 0.4) is 0 Å². The van der Waals surface area contributed by atoms with Crippen molar-refractivity contribution in [2.75, 3.05) is 40.8 Å². The number of nitrogens with one attached hydrogen (secondary N) is 1. The molecule has 3 N–H and O–H groups in total. The van der Waals surface area contributed by atoms with Crippen LogP contribution in [0.4, 0.5) is 0 Å². The zero-order chi connectivity index (χ0) is 11.8. The third kappa shape index (κ3) is 7.16. The number of guanidine groups is 1. The van der Waals surface area contributed by atoms with Crippen molar-refractivity contribution < 1.29 is 0 Å². The average molecular weight is 215 g/mol. The van der Waals surface area contributed by atoms with Gasteiger partial charge in [-0.3, -0.25) is 10.4 Å². The second-order valence-corrected chi connectivity index (χ2v) is 4.43. The highest BCUT2D eigenvalue weighted by molar-refractivity contribution is 5.79. The highest BCUT2D eigenvalue weighted by Crippen LogP contribution is 1.93. The highest BCUT2D eigenvalue weighted by Gasteiger charge is 2.04. The van der Waals surface area contributed by atoms with Crippen LogP contribution in [0.1, 0.15) is 13.8 Å². The summed E-state index contributed by atoms with van der Waals surface area (Å²) in [5.41, 5.74) is 2.64. The largest absolute Gasteiger partial charge is 0.344 e. The molecule has 0 aromatic rings. The summed E-state index contributed by atoms with van der Waals surface area (Å²) in [5, 5.41) is 0. The number of likely N-dealkylation sites (N-methyl/N-ethyl adjacent to an activating group) is 2. The summed E-state index contributed by atoms with van der Waals surface area (Å²) < 4.78 is 0. The molecule has 0 atom stereocenters. The maximum atomic E-state index is 5.43. The van der Waals surface area contributed by atoms with E-state index in [4.69, 9.17) is 5.84 Å². The van der Waals surface area contributed by atoms with Crippen LogP contribution >= 0.6 is 0 Å². The van der Waals surface area contributed by atoms with Crippen LogP contribution in [0.5, 0.6) is 0 Å². The molecule has 0 unspecified atom stereocenters. The van der Waals surface area contributed by atoms with E-state index in [1.54, 1.807) is 0 Å². The van der Waals surface area contributed by atoms with E-state index < -0.39 is 0 Å². The predicted octanol–water partition coefficient (Wildman–Crippen LogP) is -0.0449. The molecule has 0 aliphatic carbocycles. The Morgan fingerprint density at radius 3 is 2.27 bits per heavy atom. The van der Waals surface area contributed by atoms with Crippen LogP contribution in [0.2, 0.25) is 0 Å². The smallest absolute Gasteiger partial charge is 0.208 e. The van der Waals surface area contributed by atoms with Gasteiger partial charge in [0, 0.05) is 26.7 Å². The van der Waals surface area contributed by atoms with Crippen molar-refractivity contribution in [3.63, 3.8) is 0 Å². The van der Waals surface area contributed by atoms with Gasteiger partial charge in [0.1, 0.15) is 0 Å². The van der Waals surface area contributed by atoms with Gasteiger partial charge in [0.05, 0.1) is 0 Å². The van der Waals surface area contributed by atoms with Crippen LogP contribution in [0.15, 0.2) is 4.99 Å². The number of nitrogens with two attached hydrogens (primary N) is 1. The number of aliphatic imine (C=N–C) groups is 1. The number of hydrazine groups is 1. The maximum Gasteiger partial charge on any atom is 0.208 e. The Labute approximate surface area is 93.3 Å². The van der Waals surface area contributed by atoms with Crippen LogP contribution in [-0.2, 0) is 0 Å². The van der Waals surface area contributed by atoms with Crippen LogP contribution in [0, 0.1) is 5.92 Å². The van der Waals surface area contributed by atoms with Gasteiger partial charge in [0.25, 0.3) is 0 Å². The second-order valence-electron chi connectivity index (χ2n) is 4.43. The van der Waals surface area contributed by atoms with Crippen molar-refractivity contribution in [2.24, 2.45) is 16.8 Å². The Bertz CT molecular complexity index is 188. The Hall–Kier alpha value is -0.810. The lowest BCUT2D eigenvalue weighted by atomic mass is 10.2. The SMILES string of the molecule is CC(C)CN=C(NN)N(C)CCN(C)C. The fraction of sp³-hybridized carbons (Fsp3) is 0.900. The fourth-order valence-corrected chi connectivity index (χ4v) is 1.00. The van der Waals surface area contributed by atoms with E-state index in [0.717, 1.165) is 25.6 Å². The zero-order valence-corrected chi connectivity index (χ0v) is 10.6. The maximum absolute atomic E-state index is 5.43. The van der Waals surface area contributed by atoms with Gasteiger partial charge >= 0.3 is 0 Å². The van der Waals surface area contributed by atoms with E-state index in [0.29, 0.717) is 5.92 Å². The molecule has 0 aromatic carbocycles. The molecule has 0 aromatic heterocycles. The van der Waals surface area contributed by atoms with Gasteiger partial charge in [-0.15, -0.1) is 0 Å². The second kappa shape index (κ2) is 7.48. The van der Waals surface area contributed by atoms with Crippen molar-refractivity contribution >= 4 is 5.96 Å². The summed E-state index contributed by atoms with van der Waals surface area (Å²) in [7, 11) is 6.09. The number of hydrogen-bond acceptors (Lipinski definition) is 3. The molecule has 0 bridgehead atoms. The van der Waals surface area contributed by atoms with Crippen molar-refractivity contribution in [1.82, 2.24) is 15.2 Å². The number of hydrogen-bond donors (Lipinski definition) is 2. The molecule has 0 radical (unpaired) electrons. The molecule has 5 nitrogen and oxygen atoms in total. The van der Waals surface area contributed by atoms with Crippen molar-refractivity contribution in [1.29, 1.82) is 0 Å². The number of nitrogens with zero attached hydrogens (tertiary/aromatic N) is 3. The quantitative estimate of drug-likeness (QED) is 0.292. The number of rotatable bonds is 5. The molecule has 15 heavy (non-hydrogen) atoms. The van der Waals surface area contributed by atoms with E-state index >= 15 is 0 Å². The first-order valence-electron chi connectivity index (χ1n) is 5.34. The van der Waals surface area contributed by atoms with Gasteiger partial charge in [-0.05, 0) is 20.0 Å². The molecular weight excluding hydrogens is 190 g/mol. The van der Waals surface area contributed by atoms with E-state index in [1.807, 2.05) is 11.9 Å². The Kier molecular flexibility index (Phi) is 7.07. The minimum atomic E-state index is 0.551. The fourth-order valence-electron chi connectivity index (χ4n) is 1.00. The third-order valence-corrected chi connectivity index (χ3v) is 1.98. The van der Waals surface area contributed by atoms with Gasteiger partial charge in [0.2, 0.25) is 5.96 Å². The Morgan fingerprint density at radius 2 is 1.87 bits per heavy atom. The molecule has 90 valence electrons. The van der Waals surface area contributed by atoms with Gasteiger partial charge in [-0.1, -0.05) is 13.8 Å². The lowest BCUT2D eigenvalue weighted by Gasteiger charge is -2.22. The third-order valence-electron chi connectivity index (χ3n) is 1.98. The highest BCUT2D eigenvalue weighted by atomic mass is 15.4. The van der Waals surface area contributed by atoms with Crippen LogP contribution in [0.25, 0.3) is 0 Å². The summed E-state index contributed by atoms with van der Waals surface area (Å²) in [4.78, 5) is 8.57. The molecule has 0 aliphatic rings. The summed E-state index contributed by atoms with van der Waals surface area (Å²) in [6.45, 7) is 6.97. The molecule has 0 saturated heterocycles. The van der Waals surface area contributed by atoms with Crippen LogP contribution < -0.4 is 11.3 Å². The van der Waals surface area contributed by atoms with E-state index in [-0.39, 0.29) is 0 Å². The molecule has 0 heterocycles. The minimum Gasteiger partial charge on any atom is -0.344 e. The zero-order valence-electron chi connectivity index (χ0n) is 10.6. The summed E-state index contributed by atoms with van der Waals surface area (Å²) in [6.07, 6.45) is 0. The summed E-state index contributed by atoms with van der Waals surface area (Å²) >= 11 is 0. The summed E-state index contributed by atoms with van der Waals surface area (Å²) in [6, 6.07) is 0. The first-order chi connectivity index (χ1) is 6.97. The standard InChI is InChI=1S/C10H25N5/c1-9(2)8-12-10(13-11)15(5)7-6-14(3)4/h9H,6-8,11H2,1-5H3,(H,12,13). The molecule has 0 saturated carbocycles. The normalized spacial score (nSPS) is 12.4. The lowest BCUT2D eigenvalue weighted by molar-refractivity contribution is 0.351. The van der Waals surface area contributed by atoms with Gasteiger partial charge in [-0.25, -0.2) is 5.84 Å². The molecular formula is C10H25N5. The van der Waals surface area contributed by atoms with Gasteiger partial charge in [0.15, 0.2) is 0 Å². The van der Waals surface area contributed by atoms with Crippen molar-refractivity contribution in [3.8, 4) is 0 Å². The molecule has 5 heteroatoms. The van der Waals surface area contributed by atoms with E-state index in [9.17, 15) is 0 Å². The first-order valence-corrected chi connectivity index (χ1v) is 5.34. The molecule has 0 spiro atoms. The lowest BCUT2D eigenvalue weighted by Crippen LogP contribution is -2.45.